The van der Waals surface area contributed by atoms with Gasteiger partial charge in [-0.1, -0.05) is 0 Å². The predicted molar refractivity (Wildman–Crippen MR) is 81.1 cm³/mol. The van der Waals surface area contributed by atoms with Crippen LogP contribution in [0.15, 0.2) is 11.4 Å². The van der Waals surface area contributed by atoms with E-state index in [1.165, 1.54) is 12.8 Å². The second-order valence-electron chi connectivity index (χ2n) is 5.01. The van der Waals surface area contributed by atoms with Gasteiger partial charge in [0.15, 0.2) is 0 Å². The van der Waals surface area contributed by atoms with Gasteiger partial charge in [0.2, 0.25) is 5.95 Å². The lowest BCUT2D eigenvalue weighted by Gasteiger charge is -2.30. The molecule has 3 heterocycles. The fraction of sp³-hybridized carbons (Fsp3) is 0.538. The highest BCUT2D eigenvalue weighted by molar-refractivity contribution is 7.16. The lowest BCUT2D eigenvalue weighted by Crippen LogP contribution is -2.36. The molecule has 3 rings (SSSR count). The van der Waals surface area contributed by atoms with Crippen molar-refractivity contribution in [2.24, 2.45) is 0 Å². The van der Waals surface area contributed by atoms with Gasteiger partial charge < -0.3 is 15.5 Å². The highest BCUT2D eigenvalue weighted by Crippen LogP contribution is 2.27. The Morgan fingerprint density at radius 2 is 2.11 bits per heavy atom. The number of fused-ring (bicyclic) bond motifs is 1. The Bertz CT molecular complexity index is 559. The molecule has 1 aliphatic rings. The molecule has 19 heavy (non-hydrogen) atoms. The van der Waals surface area contributed by atoms with Gasteiger partial charge in [0, 0.05) is 13.1 Å². The maximum Gasteiger partial charge on any atom is 0.225 e. The standard InChI is InChI=1S/C13H19N5S/c1-14-13-16-11(10-5-8-19-12(10)17-13)15-9-3-6-18(2)7-4-9/h5,8-9H,3-4,6-7H2,1-2H3,(H2,14,15,16,17). The van der Waals surface area contributed by atoms with Crippen LogP contribution in [0.1, 0.15) is 12.8 Å². The molecule has 5 nitrogen and oxygen atoms in total. The van der Waals surface area contributed by atoms with Crippen LogP contribution in [0.3, 0.4) is 0 Å². The van der Waals surface area contributed by atoms with E-state index in [-0.39, 0.29) is 0 Å². The van der Waals surface area contributed by atoms with E-state index in [0.29, 0.717) is 12.0 Å². The molecule has 2 aromatic heterocycles. The molecule has 0 aliphatic carbocycles. The van der Waals surface area contributed by atoms with E-state index in [1.807, 2.05) is 7.05 Å². The van der Waals surface area contributed by atoms with Crippen molar-refractivity contribution in [1.29, 1.82) is 0 Å². The zero-order chi connectivity index (χ0) is 13.2. The maximum atomic E-state index is 4.56. The van der Waals surface area contributed by atoms with Crippen LogP contribution in [0.4, 0.5) is 11.8 Å². The summed E-state index contributed by atoms with van der Waals surface area (Å²) in [5.74, 6) is 1.65. The molecule has 0 aromatic carbocycles. The van der Waals surface area contributed by atoms with Crippen LogP contribution in [-0.4, -0.2) is 48.1 Å². The maximum absolute atomic E-state index is 4.56. The third kappa shape index (κ3) is 2.64. The minimum absolute atomic E-state index is 0.513. The van der Waals surface area contributed by atoms with E-state index in [9.17, 15) is 0 Å². The number of nitrogens with zero attached hydrogens (tertiary/aromatic N) is 3. The summed E-state index contributed by atoms with van der Waals surface area (Å²) in [5.41, 5.74) is 0. The SMILES string of the molecule is CNc1nc(NC2CCN(C)CC2)c2ccsc2n1. The topological polar surface area (TPSA) is 53.1 Å². The number of rotatable bonds is 3. The smallest absolute Gasteiger partial charge is 0.225 e. The number of nitrogens with one attached hydrogen (secondary N) is 2. The number of piperidine rings is 1. The van der Waals surface area contributed by atoms with Crippen LogP contribution < -0.4 is 10.6 Å². The average molecular weight is 277 g/mol. The second-order valence-corrected chi connectivity index (χ2v) is 5.90. The van der Waals surface area contributed by atoms with Crippen molar-refractivity contribution in [3.63, 3.8) is 0 Å². The first kappa shape index (κ1) is 12.6. The van der Waals surface area contributed by atoms with Gasteiger partial charge in [-0.25, -0.2) is 4.98 Å². The van der Waals surface area contributed by atoms with Crippen LogP contribution in [0, 0.1) is 0 Å². The summed E-state index contributed by atoms with van der Waals surface area (Å²) in [7, 11) is 4.03. The summed E-state index contributed by atoms with van der Waals surface area (Å²) < 4.78 is 0. The first-order chi connectivity index (χ1) is 9.26. The van der Waals surface area contributed by atoms with Crippen LogP contribution in [0.5, 0.6) is 0 Å². The summed E-state index contributed by atoms with van der Waals surface area (Å²) in [4.78, 5) is 12.4. The normalized spacial score (nSPS) is 17.8. The molecular weight excluding hydrogens is 258 g/mol. The number of anilines is 2. The number of thiophene rings is 1. The molecule has 0 radical (unpaired) electrons. The van der Waals surface area contributed by atoms with E-state index in [2.05, 4.69) is 44.0 Å². The zero-order valence-electron chi connectivity index (χ0n) is 11.3. The molecule has 0 saturated carbocycles. The molecule has 1 fully saturated rings. The Morgan fingerprint density at radius 3 is 2.84 bits per heavy atom. The van der Waals surface area contributed by atoms with Crippen molar-refractivity contribution in [2.75, 3.05) is 37.8 Å². The number of aromatic nitrogens is 2. The van der Waals surface area contributed by atoms with E-state index in [1.54, 1.807) is 11.3 Å². The second kappa shape index (κ2) is 5.30. The molecule has 102 valence electrons. The number of hydrogen-bond donors (Lipinski definition) is 2. The minimum atomic E-state index is 0.513. The zero-order valence-corrected chi connectivity index (χ0v) is 12.1. The lowest BCUT2D eigenvalue weighted by atomic mass is 10.1. The van der Waals surface area contributed by atoms with Crippen molar-refractivity contribution in [1.82, 2.24) is 14.9 Å². The highest BCUT2D eigenvalue weighted by atomic mass is 32.1. The highest BCUT2D eigenvalue weighted by Gasteiger charge is 2.18. The Morgan fingerprint density at radius 1 is 1.32 bits per heavy atom. The number of hydrogen-bond acceptors (Lipinski definition) is 6. The van der Waals surface area contributed by atoms with Gasteiger partial charge in [-0.3, -0.25) is 0 Å². The molecule has 0 atom stereocenters. The van der Waals surface area contributed by atoms with Gasteiger partial charge in [0.05, 0.1) is 5.39 Å². The first-order valence-corrected chi connectivity index (χ1v) is 7.52. The van der Waals surface area contributed by atoms with E-state index < -0.39 is 0 Å². The van der Waals surface area contributed by atoms with Crippen LogP contribution in [0.25, 0.3) is 10.2 Å². The van der Waals surface area contributed by atoms with E-state index in [4.69, 9.17) is 0 Å². The fourth-order valence-corrected chi connectivity index (χ4v) is 3.19. The van der Waals surface area contributed by atoms with Gasteiger partial charge in [0.1, 0.15) is 10.6 Å². The van der Waals surface area contributed by atoms with Gasteiger partial charge >= 0.3 is 0 Å². The molecule has 2 N–H and O–H groups in total. The van der Waals surface area contributed by atoms with Gasteiger partial charge in [0.25, 0.3) is 0 Å². The van der Waals surface area contributed by atoms with Gasteiger partial charge in [-0.05, 0) is 44.4 Å². The van der Waals surface area contributed by atoms with Crippen LogP contribution in [-0.2, 0) is 0 Å². The van der Waals surface area contributed by atoms with Crippen molar-refractivity contribution in [3.05, 3.63) is 11.4 Å². The van der Waals surface area contributed by atoms with E-state index >= 15 is 0 Å². The van der Waals surface area contributed by atoms with E-state index in [0.717, 1.165) is 29.1 Å². The van der Waals surface area contributed by atoms with Crippen molar-refractivity contribution >= 4 is 33.3 Å². The monoisotopic (exact) mass is 277 g/mol. The van der Waals surface area contributed by atoms with Crippen molar-refractivity contribution in [3.8, 4) is 0 Å². The Balaban J connectivity index is 1.85. The largest absolute Gasteiger partial charge is 0.367 e. The predicted octanol–water partition coefficient (Wildman–Crippen LogP) is 2.24. The Kier molecular flexibility index (Phi) is 3.52. The first-order valence-electron chi connectivity index (χ1n) is 6.64. The van der Waals surface area contributed by atoms with Crippen LogP contribution in [0.2, 0.25) is 0 Å². The van der Waals surface area contributed by atoms with Gasteiger partial charge in [-0.15, -0.1) is 11.3 Å². The molecule has 1 aliphatic heterocycles. The molecule has 0 bridgehead atoms. The Labute approximate surface area is 117 Å². The van der Waals surface area contributed by atoms with Crippen LogP contribution >= 0.6 is 11.3 Å². The van der Waals surface area contributed by atoms with Crippen molar-refractivity contribution in [2.45, 2.75) is 18.9 Å². The fourth-order valence-electron chi connectivity index (χ4n) is 2.42. The lowest BCUT2D eigenvalue weighted by molar-refractivity contribution is 0.264. The molecular formula is C13H19N5S. The summed E-state index contributed by atoms with van der Waals surface area (Å²) in [6, 6.07) is 2.61. The average Bonchev–Trinajstić information content (AvgIpc) is 2.89. The molecule has 0 amide bonds. The molecule has 2 aromatic rings. The summed E-state index contributed by atoms with van der Waals surface area (Å²) in [6.07, 6.45) is 2.34. The quantitative estimate of drug-likeness (QED) is 0.901. The van der Waals surface area contributed by atoms with Crippen molar-refractivity contribution < 1.29 is 0 Å². The molecule has 1 saturated heterocycles. The number of likely N-dealkylation sites (tertiary alicyclic amines) is 1. The molecule has 6 heteroatoms. The molecule has 0 unspecified atom stereocenters. The molecule has 0 spiro atoms. The third-order valence-electron chi connectivity index (χ3n) is 3.61. The Hall–Kier alpha value is -1.40. The minimum Gasteiger partial charge on any atom is -0.367 e. The third-order valence-corrected chi connectivity index (χ3v) is 4.41. The summed E-state index contributed by atoms with van der Waals surface area (Å²) >= 11 is 1.65. The summed E-state index contributed by atoms with van der Waals surface area (Å²) in [5, 5.41) is 9.82. The van der Waals surface area contributed by atoms with Gasteiger partial charge in [-0.2, -0.15) is 4.98 Å². The summed E-state index contributed by atoms with van der Waals surface area (Å²) in [6.45, 7) is 2.29.